The quantitative estimate of drug-likeness (QED) is 0.717. The molecule has 6 heteroatoms. The Bertz CT molecular complexity index is 514. The molecule has 1 atom stereocenters. The van der Waals surface area contributed by atoms with Crippen LogP contribution in [-0.2, 0) is 24.2 Å². The maximum Gasteiger partial charge on any atom is 0.234 e. The number of amides is 1. The van der Waals surface area contributed by atoms with Gasteiger partial charge >= 0.3 is 0 Å². The van der Waals surface area contributed by atoms with Crippen LogP contribution < -0.4 is 5.32 Å². The van der Waals surface area contributed by atoms with Crippen LogP contribution in [0.2, 0.25) is 0 Å². The van der Waals surface area contributed by atoms with Crippen molar-refractivity contribution < 1.29 is 9.90 Å². The van der Waals surface area contributed by atoms with Crippen molar-refractivity contribution in [3.05, 3.63) is 17.0 Å². The Labute approximate surface area is 131 Å². The molecule has 6 nitrogen and oxygen atoms in total. The van der Waals surface area contributed by atoms with Crippen molar-refractivity contribution in [1.29, 1.82) is 0 Å². The number of carbonyl (C=O) groups is 1. The lowest BCUT2D eigenvalue weighted by Crippen LogP contribution is -2.44. The van der Waals surface area contributed by atoms with Crippen LogP contribution in [0.5, 0.6) is 0 Å². The lowest BCUT2D eigenvalue weighted by atomic mass is 10.1. The molecular weight excluding hydrogens is 280 g/mol. The summed E-state index contributed by atoms with van der Waals surface area (Å²) in [6.45, 7) is 2.36. The number of nitrogens with one attached hydrogen (secondary N) is 2. The van der Waals surface area contributed by atoms with Gasteiger partial charge in [0.05, 0.1) is 24.9 Å². The Balaban J connectivity index is 1.50. The highest BCUT2D eigenvalue weighted by atomic mass is 16.3. The fourth-order valence-corrected chi connectivity index (χ4v) is 3.49. The largest absolute Gasteiger partial charge is 0.392 e. The molecule has 22 heavy (non-hydrogen) atoms. The summed E-state index contributed by atoms with van der Waals surface area (Å²) in [4.78, 5) is 14.1. The predicted molar refractivity (Wildman–Crippen MR) is 83.4 cm³/mol. The molecule has 1 saturated heterocycles. The van der Waals surface area contributed by atoms with E-state index in [2.05, 4.69) is 15.5 Å². The van der Waals surface area contributed by atoms with Crippen molar-refractivity contribution in [3.63, 3.8) is 0 Å². The summed E-state index contributed by atoms with van der Waals surface area (Å²) in [5, 5.41) is 20.1. The van der Waals surface area contributed by atoms with Crippen LogP contribution in [0.15, 0.2) is 0 Å². The molecule has 0 saturated carbocycles. The number of fused-ring (bicyclic) bond motifs is 1. The van der Waals surface area contributed by atoms with Gasteiger partial charge in [-0.05, 0) is 50.6 Å². The smallest absolute Gasteiger partial charge is 0.234 e. The van der Waals surface area contributed by atoms with E-state index in [0.29, 0.717) is 19.6 Å². The van der Waals surface area contributed by atoms with Crippen LogP contribution >= 0.6 is 0 Å². The molecule has 1 aromatic rings. The first-order valence-corrected chi connectivity index (χ1v) is 8.44. The Morgan fingerprint density at radius 3 is 3.05 bits per heavy atom. The van der Waals surface area contributed by atoms with Crippen LogP contribution in [0.4, 0.5) is 0 Å². The molecule has 0 radical (unpaired) electrons. The van der Waals surface area contributed by atoms with Gasteiger partial charge in [-0.1, -0.05) is 6.42 Å². The second-order valence-electron chi connectivity index (χ2n) is 6.50. The Kier molecular flexibility index (Phi) is 5.10. The number of aliphatic hydroxyl groups excluding tert-OH is 1. The summed E-state index contributed by atoms with van der Waals surface area (Å²) in [6, 6.07) is 0. The number of nitrogens with zero attached hydrogens (tertiary/aromatic N) is 2. The van der Waals surface area contributed by atoms with Gasteiger partial charge < -0.3 is 10.4 Å². The number of carbonyl (C=O) groups excluding carboxylic acids is 1. The summed E-state index contributed by atoms with van der Waals surface area (Å²) in [5.41, 5.74) is 3.55. The highest BCUT2D eigenvalue weighted by molar-refractivity contribution is 5.78. The number of rotatable bonds is 4. The number of likely N-dealkylation sites (tertiary alicyclic amines) is 1. The molecule has 0 spiro atoms. The molecule has 1 amide bonds. The lowest BCUT2D eigenvalue weighted by Gasteiger charge is -2.29. The summed E-state index contributed by atoms with van der Waals surface area (Å²) in [6.07, 6.45) is 7.35. The number of aliphatic hydroxyl groups is 1. The van der Waals surface area contributed by atoms with Gasteiger partial charge in [-0.3, -0.25) is 14.8 Å². The van der Waals surface area contributed by atoms with Gasteiger partial charge in [0.25, 0.3) is 0 Å². The molecule has 0 unspecified atom stereocenters. The van der Waals surface area contributed by atoms with E-state index in [1.54, 1.807) is 0 Å². The van der Waals surface area contributed by atoms with Gasteiger partial charge in [0.2, 0.25) is 5.91 Å². The average molecular weight is 306 g/mol. The SMILES string of the molecule is O=C(CN1CCC[C@H](O)C1)NCc1n[nH]c2c1CCCCC2. The van der Waals surface area contributed by atoms with E-state index in [-0.39, 0.29) is 12.0 Å². The van der Waals surface area contributed by atoms with Crippen molar-refractivity contribution >= 4 is 5.91 Å². The molecule has 0 bridgehead atoms. The van der Waals surface area contributed by atoms with Gasteiger partial charge in [-0.25, -0.2) is 0 Å². The van der Waals surface area contributed by atoms with Gasteiger partial charge in [0.15, 0.2) is 0 Å². The van der Waals surface area contributed by atoms with Gasteiger partial charge in [-0.2, -0.15) is 5.10 Å². The maximum atomic E-state index is 12.1. The second kappa shape index (κ2) is 7.24. The molecular formula is C16H26N4O2. The highest BCUT2D eigenvalue weighted by Crippen LogP contribution is 2.21. The van der Waals surface area contributed by atoms with E-state index in [1.165, 1.54) is 30.5 Å². The van der Waals surface area contributed by atoms with Crippen molar-refractivity contribution in [2.75, 3.05) is 19.6 Å². The third kappa shape index (κ3) is 3.87. The lowest BCUT2D eigenvalue weighted by molar-refractivity contribution is -0.123. The standard InChI is InChI=1S/C16H26N4O2/c21-12-5-4-8-20(10-12)11-16(22)17-9-15-13-6-2-1-3-7-14(13)18-19-15/h12,21H,1-11H2,(H,17,22)(H,18,19)/t12-/m0/s1. The van der Waals surface area contributed by atoms with Crippen molar-refractivity contribution in [2.24, 2.45) is 0 Å². The van der Waals surface area contributed by atoms with E-state index in [9.17, 15) is 9.90 Å². The predicted octanol–water partition coefficient (Wildman–Crippen LogP) is 0.752. The molecule has 2 heterocycles. The fraction of sp³-hybridized carbons (Fsp3) is 0.750. The molecule has 1 aliphatic heterocycles. The molecule has 3 rings (SSSR count). The van der Waals surface area contributed by atoms with E-state index < -0.39 is 0 Å². The number of hydrogen-bond donors (Lipinski definition) is 3. The Morgan fingerprint density at radius 2 is 2.18 bits per heavy atom. The summed E-state index contributed by atoms with van der Waals surface area (Å²) in [5.74, 6) is 0.0134. The number of aryl methyl sites for hydroxylation is 1. The second-order valence-corrected chi connectivity index (χ2v) is 6.50. The van der Waals surface area contributed by atoms with E-state index in [0.717, 1.165) is 37.9 Å². The maximum absolute atomic E-state index is 12.1. The normalized spacial score (nSPS) is 22.9. The number of piperidine rings is 1. The first-order valence-electron chi connectivity index (χ1n) is 8.44. The van der Waals surface area contributed by atoms with Crippen molar-refractivity contribution in [1.82, 2.24) is 20.4 Å². The fourth-order valence-electron chi connectivity index (χ4n) is 3.49. The zero-order valence-corrected chi connectivity index (χ0v) is 13.1. The molecule has 2 aliphatic rings. The summed E-state index contributed by atoms with van der Waals surface area (Å²) >= 11 is 0. The Morgan fingerprint density at radius 1 is 1.32 bits per heavy atom. The number of aromatic amines is 1. The third-order valence-corrected chi connectivity index (χ3v) is 4.69. The molecule has 3 N–H and O–H groups in total. The highest BCUT2D eigenvalue weighted by Gasteiger charge is 2.20. The number of β-amino-alcohol motifs (C(OH)–C–C–N with tert-alkyl or cyclic N) is 1. The van der Waals surface area contributed by atoms with E-state index in [4.69, 9.17) is 0 Å². The van der Waals surface area contributed by atoms with Crippen LogP contribution in [0.3, 0.4) is 0 Å². The van der Waals surface area contributed by atoms with Crippen molar-refractivity contribution in [2.45, 2.75) is 57.6 Å². The van der Waals surface area contributed by atoms with Gasteiger partial charge in [0.1, 0.15) is 0 Å². The number of hydrogen-bond acceptors (Lipinski definition) is 4. The third-order valence-electron chi connectivity index (χ3n) is 4.69. The van der Waals surface area contributed by atoms with Crippen molar-refractivity contribution in [3.8, 4) is 0 Å². The van der Waals surface area contributed by atoms with Crippen LogP contribution in [0, 0.1) is 0 Å². The van der Waals surface area contributed by atoms with E-state index >= 15 is 0 Å². The van der Waals surface area contributed by atoms with Crippen LogP contribution in [0.25, 0.3) is 0 Å². The molecule has 1 fully saturated rings. The molecule has 1 aromatic heterocycles. The zero-order valence-electron chi connectivity index (χ0n) is 13.1. The van der Waals surface area contributed by atoms with Crippen LogP contribution in [-0.4, -0.2) is 51.8 Å². The molecule has 1 aliphatic carbocycles. The van der Waals surface area contributed by atoms with Crippen LogP contribution in [0.1, 0.15) is 49.1 Å². The van der Waals surface area contributed by atoms with Gasteiger partial charge in [0, 0.05) is 12.2 Å². The average Bonchev–Trinajstić information content (AvgIpc) is 2.72. The summed E-state index contributed by atoms with van der Waals surface area (Å²) < 4.78 is 0. The topological polar surface area (TPSA) is 81.2 Å². The molecule has 122 valence electrons. The minimum atomic E-state index is -0.288. The minimum Gasteiger partial charge on any atom is -0.392 e. The van der Waals surface area contributed by atoms with Gasteiger partial charge in [-0.15, -0.1) is 0 Å². The molecule has 0 aromatic carbocycles. The zero-order chi connectivity index (χ0) is 15.4. The minimum absolute atomic E-state index is 0.0134. The first kappa shape index (κ1) is 15.5. The summed E-state index contributed by atoms with van der Waals surface area (Å²) in [7, 11) is 0. The number of H-pyrrole nitrogens is 1. The Hall–Kier alpha value is -1.40. The first-order chi connectivity index (χ1) is 10.7. The monoisotopic (exact) mass is 306 g/mol. The number of aromatic nitrogens is 2. The van der Waals surface area contributed by atoms with E-state index in [1.807, 2.05) is 4.90 Å².